The third-order valence-corrected chi connectivity index (χ3v) is 6.38. The molecule has 2 aromatic carbocycles. The van der Waals surface area contributed by atoms with Crippen molar-refractivity contribution in [1.82, 2.24) is 0 Å². The lowest BCUT2D eigenvalue weighted by Gasteiger charge is -2.15. The second-order valence-electron chi connectivity index (χ2n) is 9.20. The zero-order valence-corrected chi connectivity index (χ0v) is 21.1. The molecule has 0 radical (unpaired) electrons. The summed E-state index contributed by atoms with van der Waals surface area (Å²) in [6, 6.07) is 11.9. The minimum atomic E-state index is -1.01. The Morgan fingerprint density at radius 2 is 1.21 bits per heavy atom. The molecule has 4 heteroatoms. The smallest absolute Gasteiger partial charge is 0.343 e. The van der Waals surface area contributed by atoms with E-state index in [1.807, 2.05) is 12.1 Å². The van der Waals surface area contributed by atoms with Crippen LogP contribution in [0.15, 0.2) is 42.5 Å². The Morgan fingerprint density at radius 1 is 0.676 bits per heavy atom. The summed E-state index contributed by atoms with van der Waals surface area (Å²) >= 11 is 0. The van der Waals surface area contributed by atoms with E-state index in [9.17, 15) is 9.59 Å². The molecule has 2 rings (SSSR count). The fraction of sp³-hybridized carbons (Fsp3) is 0.533. The van der Waals surface area contributed by atoms with Gasteiger partial charge in [0, 0.05) is 0 Å². The van der Waals surface area contributed by atoms with Crippen LogP contribution in [0, 0.1) is 0 Å². The summed E-state index contributed by atoms with van der Waals surface area (Å²) in [6.07, 6.45) is 16.8. The van der Waals surface area contributed by atoms with Gasteiger partial charge in [0.25, 0.3) is 0 Å². The molecule has 4 nitrogen and oxygen atoms in total. The topological polar surface area (TPSA) is 63.6 Å². The van der Waals surface area contributed by atoms with Crippen LogP contribution in [0.25, 0.3) is 0 Å². The van der Waals surface area contributed by atoms with Crippen molar-refractivity contribution in [2.75, 3.05) is 0 Å². The van der Waals surface area contributed by atoms with Crippen LogP contribution in [-0.2, 0) is 12.8 Å². The molecular formula is C30H42O4. The third-order valence-electron chi connectivity index (χ3n) is 6.38. The molecule has 0 fully saturated rings. The lowest BCUT2D eigenvalue weighted by molar-refractivity contribution is 0.0691. The Hall–Kier alpha value is -2.62. The number of carboxylic acid groups (broad SMARTS) is 1. The van der Waals surface area contributed by atoms with Gasteiger partial charge in [0.05, 0.1) is 11.1 Å². The number of carboxylic acids is 1. The quantitative estimate of drug-likeness (QED) is 0.144. The van der Waals surface area contributed by atoms with E-state index in [4.69, 9.17) is 9.84 Å². The Morgan fingerprint density at radius 3 is 1.79 bits per heavy atom. The average molecular weight is 467 g/mol. The Kier molecular flexibility index (Phi) is 13.1. The maximum atomic E-state index is 12.8. The highest BCUT2D eigenvalue weighted by atomic mass is 16.5. The predicted octanol–water partition coefficient (Wildman–Crippen LogP) is 8.41. The monoisotopic (exact) mass is 466 g/mol. The molecule has 0 aliphatic rings. The van der Waals surface area contributed by atoms with E-state index in [0.717, 1.165) is 31.2 Å². The van der Waals surface area contributed by atoms with Crippen molar-refractivity contribution in [2.45, 2.75) is 104 Å². The number of benzene rings is 2. The molecule has 0 saturated heterocycles. The number of rotatable bonds is 17. The van der Waals surface area contributed by atoms with Crippen molar-refractivity contribution in [3.05, 3.63) is 64.7 Å². The maximum absolute atomic E-state index is 12.8. The van der Waals surface area contributed by atoms with Gasteiger partial charge in [-0.15, -0.1) is 0 Å². The molecule has 0 heterocycles. The summed E-state index contributed by atoms with van der Waals surface area (Å²) in [7, 11) is 0. The van der Waals surface area contributed by atoms with Crippen LogP contribution < -0.4 is 4.74 Å². The largest absolute Gasteiger partial charge is 0.478 e. The van der Waals surface area contributed by atoms with Crippen LogP contribution in [0.1, 0.15) is 123 Å². The molecule has 186 valence electrons. The summed E-state index contributed by atoms with van der Waals surface area (Å²) in [5.41, 5.74) is 2.95. The molecule has 0 spiro atoms. The first-order chi connectivity index (χ1) is 16.6. The Labute approximate surface area is 205 Å². The number of hydrogen-bond donors (Lipinski definition) is 1. The Bertz CT molecular complexity index is 870. The highest BCUT2D eigenvalue weighted by Crippen LogP contribution is 2.28. The summed E-state index contributed by atoms with van der Waals surface area (Å²) < 4.78 is 5.84. The molecule has 0 saturated carbocycles. The van der Waals surface area contributed by atoms with Crippen LogP contribution in [0.3, 0.4) is 0 Å². The van der Waals surface area contributed by atoms with Gasteiger partial charge >= 0.3 is 11.9 Å². The molecule has 0 aliphatic heterocycles. The lowest BCUT2D eigenvalue weighted by atomic mass is 9.95. The van der Waals surface area contributed by atoms with E-state index < -0.39 is 11.9 Å². The predicted molar refractivity (Wildman–Crippen MR) is 139 cm³/mol. The highest BCUT2D eigenvalue weighted by molar-refractivity contribution is 5.93. The number of unbranched alkanes of at least 4 members (excludes halogenated alkanes) is 10. The summed E-state index contributed by atoms with van der Waals surface area (Å²) in [4.78, 5) is 23.9. The zero-order valence-electron chi connectivity index (χ0n) is 21.1. The van der Waals surface area contributed by atoms with E-state index in [0.29, 0.717) is 11.3 Å². The normalized spacial score (nSPS) is 10.9. The van der Waals surface area contributed by atoms with Crippen LogP contribution >= 0.6 is 0 Å². The lowest BCUT2D eigenvalue weighted by Crippen LogP contribution is -2.11. The third kappa shape index (κ3) is 9.70. The van der Waals surface area contributed by atoms with Crippen LogP contribution in [0.2, 0.25) is 0 Å². The first-order valence-electron chi connectivity index (χ1n) is 13.2. The van der Waals surface area contributed by atoms with Crippen molar-refractivity contribution >= 4 is 11.9 Å². The van der Waals surface area contributed by atoms with Gasteiger partial charge in [0.2, 0.25) is 0 Å². The van der Waals surface area contributed by atoms with Crippen molar-refractivity contribution in [3.8, 4) is 5.75 Å². The van der Waals surface area contributed by atoms with Gasteiger partial charge in [-0.25, -0.2) is 9.59 Å². The van der Waals surface area contributed by atoms with Gasteiger partial charge in [-0.05, 0) is 67.1 Å². The van der Waals surface area contributed by atoms with Gasteiger partial charge in [-0.2, -0.15) is 0 Å². The molecule has 0 amide bonds. The number of aromatic carboxylic acids is 1. The standard InChI is InChI=1S/C30H42O4/c1-3-5-7-9-11-13-16-24-17-15-19-28(27(24)18-14-12-10-8-6-4-2)34-30(33)26-22-20-25(21-23-26)29(31)32/h15,17,19-23H,3-14,16,18H2,1-2H3,(H,31,32). The SMILES string of the molecule is CCCCCCCCc1cccc(OC(=O)c2ccc(C(=O)O)cc2)c1CCCCCCCC. The number of aryl methyl sites for hydroxylation is 1. The number of esters is 1. The number of carbonyl (C=O) groups excluding carboxylic acids is 1. The van der Waals surface area contributed by atoms with Crippen molar-refractivity contribution in [1.29, 1.82) is 0 Å². The first-order valence-corrected chi connectivity index (χ1v) is 13.2. The van der Waals surface area contributed by atoms with Gasteiger partial charge < -0.3 is 9.84 Å². The summed E-state index contributed by atoms with van der Waals surface area (Å²) in [5.74, 6) is -0.814. The fourth-order valence-electron chi connectivity index (χ4n) is 4.31. The highest BCUT2D eigenvalue weighted by Gasteiger charge is 2.15. The molecule has 2 aromatic rings. The maximum Gasteiger partial charge on any atom is 0.343 e. The molecule has 0 atom stereocenters. The zero-order chi connectivity index (χ0) is 24.6. The number of ether oxygens (including phenoxy) is 1. The molecule has 0 aromatic heterocycles. The molecule has 0 unspecified atom stereocenters. The first kappa shape index (κ1) is 27.6. The minimum Gasteiger partial charge on any atom is -0.478 e. The van der Waals surface area contributed by atoms with E-state index >= 15 is 0 Å². The molecule has 34 heavy (non-hydrogen) atoms. The van der Waals surface area contributed by atoms with E-state index in [-0.39, 0.29) is 5.56 Å². The number of carbonyl (C=O) groups is 2. The van der Waals surface area contributed by atoms with Crippen LogP contribution in [0.4, 0.5) is 0 Å². The molecule has 0 aliphatic carbocycles. The Balaban J connectivity index is 2.08. The molecular weight excluding hydrogens is 424 g/mol. The van der Waals surface area contributed by atoms with Crippen molar-refractivity contribution in [3.63, 3.8) is 0 Å². The summed E-state index contributed by atoms with van der Waals surface area (Å²) in [5, 5.41) is 9.08. The van der Waals surface area contributed by atoms with E-state index in [2.05, 4.69) is 19.9 Å². The van der Waals surface area contributed by atoms with Gasteiger partial charge in [-0.1, -0.05) is 90.2 Å². The molecule has 0 bridgehead atoms. The average Bonchev–Trinajstić information content (AvgIpc) is 2.84. The number of hydrogen-bond acceptors (Lipinski definition) is 3. The van der Waals surface area contributed by atoms with Crippen molar-refractivity contribution < 1.29 is 19.4 Å². The van der Waals surface area contributed by atoms with Crippen LogP contribution in [0.5, 0.6) is 5.75 Å². The van der Waals surface area contributed by atoms with Gasteiger partial charge in [0.1, 0.15) is 5.75 Å². The second-order valence-corrected chi connectivity index (χ2v) is 9.20. The fourth-order valence-corrected chi connectivity index (χ4v) is 4.31. The van der Waals surface area contributed by atoms with Gasteiger partial charge in [-0.3, -0.25) is 0 Å². The van der Waals surface area contributed by atoms with Gasteiger partial charge in [0.15, 0.2) is 0 Å². The van der Waals surface area contributed by atoms with Crippen molar-refractivity contribution in [2.24, 2.45) is 0 Å². The summed E-state index contributed by atoms with van der Waals surface area (Å²) in [6.45, 7) is 4.47. The van der Waals surface area contributed by atoms with E-state index in [1.54, 1.807) is 0 Å². The van der Waals surface area contributed by atoms with E-state index in [1.165, 1.54) is 94.0 Å². The second kappa shape index (κ2) is 16.1. The van der Waals surface area contributed by atoms with Crippen LogP contribution in [-0.4, -0.2) is 17.0 Å². The minimum absolute atomic E-state index is 0.154. The molecule has 1 N–H and O–H groups in total.